The number of aromatic nitrogens is 1. The van der Waals surface area contributed by atoms with Crippen molar-refractivity contribution >= 4 is 29.9 Å². The molecule has 28 heavy (non-hydrogen) atoms. The van der Waals surface area contributed by atoms with Crippen LogP contribution in [0.1, 0.15) is 19.4 Å². The molecule has 9 heteroatoms. The highest BCUT2D eigenvalue weighted by Gasteiger charge is 2.11. The van der Waals surface area contributed by atoms with Gasteiger partial charge in [-0.05, 0) is 43.7 Å². The minimum absolute atomic E-state index is 0. The molecule has 2 N–H and O–H groups in total. The molecule has 0 saturated carbocycles. The van der Waals surface area contributed by atoms with E-state index in [1.54, 1.807) is 19.1 Å². The first-order valence-corrected chi connectivity index (χ1v) is 8.95. The van der Waals surface area contributed by atoms with Crippen LogP contribution in [0.5, 0.6) is 11.5 Å². The Kier molecular flexibility index (Phi) is 11.3. The zero-order valence-corrected chi connectivity index (χ0v) is 18.4. The van der Waals surface area contributed by atoms with E-state index in [4.69, 9.17) is 4.74 Å². The molecule has 0 aliphatic rings. The Morgan fingerprint density at radius 1 is 1.14 bits per heavy atom. The summed E-state index contributed by atoms with van der Waals surface area (Å²) in [7, 11) is 0. The van der Waals surface area contributed by atoms with Crippen molar-refractivity contribution in [3.05, 3.63) is 48.3 Å². The van der Waals surface area contributed by atoms with Crippen molar-refractivity contribution in [3.8, 4) is 11.5 Å². The summed E-state index contributed by atoms with van der Waals surface area (Å²) in [6.45, 7) is 3.92. The van der Waals surface area contributed by atoms with E-state index in [9.17, 15) is 8.78 Å². The van der Waals surface area contributed by atoms with Crippen LogP contribution in [0.2, 0.25) is 0 Å². The Bertz CT molecular complexity index is 712. The molecule has 156 valence electrons. The van der Waals surface area contributed by atoms with Gasteiger partial charge in [-0.15, -0.1) is 24.0 Å². The molecule has 2 aromatic rings. The average molecular weight is 508 g/mol. The molecule has 2 rings (SSSR count). The first-order chi connectivity index (χ1) is 13.1. The summed E-state index contributed by atoms with van der Waals surface area (Å²) in [5.74, 6) is 1.00. The van der Waals surface area contributed by atoms with Gasteiger partial charge in [0.25, 0.3) is 0 Å². The van der Waals surface area contributed by atoms with E-state index in [0.717, 1.165) is 25.2 Å². The summed E-state index contributed by atoms with van der Waals surface area (Å²) in [6.07, 6.45) is 4.01. The van der Waals surface area contributed by atoms with Gasteiger partial charge in [0, 0.05) is 32.0 Å². The molecule has 0 aliphatic heterocycles. The Morgan fingerprint density at radius 3 is 2.54 bits per heavy atom. The van der Waals surface area contributed by atoms with Crippen molar-refractivity contribution in [2.75, 3.05) is 19.7 Å². The molecule has 6 nitrogen and oxygen atoms in total. The smallest absolute Gasteiger partial charge is 0.387 e. The molecule has 0 saturated heterocycles. The highest BCUT2D eigenvalue weighted by Crippen LogP contribution is 2.30. The topological polar surface area (TPSA) is 59.8 Å². The van der Waals surface area contributed by atoms with Gasteiger partial charge >= 0.3 is 6.61 Å². The van der Waals surface area contributed by atoms with Crippen LogP contribution < -0.4 is 20.1 Å². The number of benzene rings is 1. The minimum Gasteiger partial charge on any atom is -0.490 e. The zero-order valence-electron chi connectivity index (χ0n) is 16.0. The molecule has 0 bridgehead atoms. The molecular weight excluding hydrogens is 481 g/mol. The van der Waals surface area contributed by atoms with Crippen LogP contribution in [0, 0.1) is 0 Å². The van der Waals surface area contributed by atoms with E-state index in [0.29, 0.717) is 19.1 Å². The van der Waals surface area contributed by atoms with Gasteiger partial charge in [0.05, 0.1) is 13.2 Å². The summed E-state index contributed by atoms with van der Waals surface area (Å²) in [5.41, 5.74) is 0.836. The van der Waals surface area contributed by atoms with Gasteiger partial charge in [0.1, 0.15) is 0 Å². The standard InChI is InChI=1S/C19H26F2N4O2.HI/c1-3-22-19(23-9-12-25-10-5-6-11-25)24-14-15-7-8-16(27-18(20)21)17(13-15)26-4-2;/h5-8,10-11,13,18H,3-4,9,12,14H2,1-2H3,(H2,22,23,24);1H. The molecule has 1 aromatic carbocycles. The normalized spacial score (nSPS) is 11.1. The highest BCUT2D eigenvalue weighted by atomic mass is 127. The number of guanidine groups is 1. The van der Waals surface area contributed by atoms with Gasteiger partial charge < -0.3 is 24.7 Å². The number of nitrogens with one attached hydrogen (secondary N) is 2. The molecule has 0 amide bonds. The number of aliphatic imine (C=N–C) groups is 1. The number of hydrogen-bond acceptors (Lipinski definition) is 3. The van der Waals surface area contributed by atoms with Crippen molar-refractivity contribution in [3.63, 3.8) is 0 Å². The van der Waals surface area contributed by atoms with Gasteiger partial charge in [0.15, 0.2) is 17.5 Å². The second-order valence-corrected chi connectivity index (χ2v) is 5.64. The van der Waals surface area contributed by atoms with Crippen molar-refractivity contribution in [2.24, 2.45) is 4.99 Å². The van der Waals surface area contributed by atoms with E-state index >= 15 is 0 Å². The maximum Gasteiger partial charge on any atom is 0.387 e. The van der Waals surface area contributed by atoms with E-state index in [2.05, 4.69) is 24.9 Å². The molecule has 1 heterocycles. The lowest BCUT2D eigenvalue weighted by Crippen LogP contribution is -2.38. The lowest BCUT2D eigenvalue weighted by atomic mass is 10.2. The lowest BCUT2D eigenvalue weighted by Gasteiger charge is -2.13. The van der Waals surface area contributed by atoms with Crippen LogP contribution in [0.3, 0.4) is 0 Å². The van der Waals surface area contributed by atoms with E-state index in [1.165, 1.54) is 6.07 Å². The van der Waals surface area contributed by atoms with Crippen molar-refractivity contribution in [1.29, 1.82) is 0 Å². The first-order valence-electron chi connectivity index (χ1n) is 8.95. The summed E-state index contributed by atoms with van der Waals surface area (Å²) >= 11 is 0. The largest absolute Gasteiger partial charge is 0.490 e. The number of halogens is 3. The second kappa shape index (κ2) is 13.2. The quantitative estimate of drug-likeness (QED) is 0.291. The average Bonchev–Trinajstić information content (AvgIpc) is 3.15. The van der Waals surface area contributed by atoms with E-state index in [1.807, 2.05) is 31.5 Å². The van der Waals surface area contributed by atoms with Gasteiger partial charge in [-0.3, -0.25) is 0 Å². The van der Waals surface area contributed by atoms with Gasteiger partial charge in [-0.25, -0.2) is 4.99 Å². The predicted molar refractivity (Wildman–Crippen MR) is 117 cm³/mol. The van der Waals surface area contributed by atoms with Crippen LogP contribution in [0.25, 0.3) is 0 Å². The van der Waals surface area contributed by atoms with Crippen LogP contribution in [-0.2, 0) is 13.1 Å². The highest BCUT2D eigenvalue weighted by molar-refractivity contribution is 14.0. The first kappa shape index (κ1) is 24.0. The third-order valence-electron chi connectivity index (χ3n) is 3.62. The Hall–Kier alpha value is -2.04. The van der Waals surface area contributed by atoms with Crippen LogP contribution in [0.4, 0.5) is 8.78 Å². The fourth-order valence-corrected chi connectivity index (χ4v) is 2.45. The summed E-state index contributed by atoms with van der Waals surface area (Å²) in [6, 6.07) is 8.82. The van der Waals surface area contributed by atoms with Gasteiger partial charge in [-0.1, -0.05) is 6.07 Å². The monoisotopic (exact) mass is 508 g/mol. The fraction of sp³-hybridized carbons (Fsp3) is 0.421. The minimum atomic E-state index is -2.89. The molecule has 0 aliphatic carbocycles. The van der Waals surface area contributed by atoms with Crippen molar-refractivity contribution < 1.29 is 18.3 Å². The Balaban J connectivity index is 0.00000392. The van der Waals surface area contributed by atoms with Gasteiger partial charge in [-0.2, -0.15) is 8.78 Å². The third-order valence-corrected chi connectivity index (χ3v) is 3.62. The number of nitrogens with zero attached hydrogens (tertiary/aromatic N) is 2. The maximum atomic E-state index is 12.5. The Labute approximate surface area is 181 Å². The SMILES string of the molecule is CCNC(=NCc1ccc(OC(F)F)c(OCC)c1)NCCn1cccc1.I. The predicted octanol–water partition coefficient (Wildman–Crippen LogP) is 3.86. The maximum absolute atomic E-state index is 12.5. The molecule has 0 atom stereocenters. The van der Waals surface area contributed by atoms with Crippen LogP contribution in [0.15, 0.2) is 47.7 Å². The molecule has 0 unspecified atom stereocenters. The molecule has 0 radical (unpaired) electrons. The zero-order chi connectivity index (χ0) is 19.5. The lowest BCUT2D eigenvalue weighted by molar-refractivity contribution is -0.0514. The number of ether oxygens (including phenoxy) is 2. The van der Waals surface area contributed by atoms with Crippen molar-refractivity contribution in [1.82, 2.24) is 15.2 Å². The number of alkyl halides is 2. The molecular formula is C19H27F2IN4O2. The molecule has 0 fully saturated rings. The molecule has 1 aromatic heterocycles. The summed E-state index contributed by atoms with van der Waals surface area (Å²) in [4.78, 5) is 4.54. The van der Waals surface area contributed by atoms with Gasteiger partial charge in [0.2, 0.25) is 0 Å². The number of hydrogen-bond donors (Lipinski definition) is 2. The number of rotatable bonds is 10. The second-order valence-electron chi connectivity index (χ2n) is 5.64. The van der Waals surface area contributed by atoms with E-state index in [-0.39, 0.29) is 35.5 Å². The fourth-order valence-electron chi connectivity index (χ4n) is 2.45. The summed E-state index contributed by atoms with van der Waals surface area (Å²) in [5, 5.41) is 6.45. The van der Waals surface area contributed by atoms with Crippen LogP contribution >= 0.6 is 24.0 Å². The van der Waals surface area contributed by atoms with Crippen LogP contribution in [-0.4, -0.2) is 36.8 Å². The molecule has 0 spiro atoms. The van der Waals surface area contributed by atoms with E-state index < -0.39 is 6.61 Å². The van der Waals surface area contributed by atoms with Crippen molar-refractivity contribution in [2.45, 2.75) is 33.5 Å². The third kappa shape index (κ3) is 8.32. The summed E-state index contributed by atoms with van der Waals surface area (Å²) < 4.78 is 36.9. The Morgan fingerprint density at radius 2 is 1.89 bits per heavy atom.